The van der Waals surface area contributed by atoms with E-state index in [-0.39, 0.29) is 11.9 Å². The quantitative estimate of drug-likeness (QED) is 0.556. The zero-order valence-electron chi connectivity index (χ0n) is 11.7. The fourth-order valence-electron chi connectivity index (χ4n) is 2.15. The summed E-state index contributed by atoms with van der Waals surface area (Å²) < 4.78 is 4.69. The Morgan fingerprint density at radius 2 is 2.22 bits per heavy atom. The largest absolute Gasteiger partial charge is 0.466 e. The molecule has 1 unspecified atom stereocenters. The minimum absolute atomic E-state index is 0.185. The van der Waals surface area contributed by atoms with Gasteiger partial charge in [0, 0.05) is 25.1 Å². The molecule has 1 heterocycles. The highest BCUT2D eigenvalue weighted by molar-refractivity contribution is 5.88. The smallest absolute Gasteiger partial charge is 0.333 e. The van der Waals surface area contributed by atoms with Gasteiger partial charge in [0.25, 0.3) is 0 Å². The maximum absolute atomic E-state index is 11.8. The number of rotatable bonds is 5. The number of likely N-dealkylation sites (tertiary alicyclic amines) is 1. The predicted molar refractivity (Wildman–Crippen MR) is 69.9 cm³/mol. The fraction of sp³-hybridized carbons (Fsp3) is 0.714. The average molecular weight is 253 g/mol. The van der Waals surface area contributed by atoms with Crippen LogP contribution in [0, 0.1) is 11.8 Å². The van der Waals surface area contributed by atoms with Crippen LogP contribution in [0.3, 0.4) is 0 Å². The number of esters is 1. The van der Waals surface area contributed by atoms with Crippen LogP contribution in [0.15, 0.2) is 11.6 Å². The molecular formula is C14H23NO3. The summed E-state index contributed by atoms with van der Waals surface area (Å²) in [5, 5.41) is 0. The van der Waals surface area contributed by atoms with Gasteiger partial charge in [0.1, 0.15) is 0 Å². The Balaban J connectivity index is 2.60. The minimum atomic E-state index is -0.301. The SMILES string of the molecule is CCC(=CCN1CC(C(C)C)CC1=O)C(=O)OC. The van der Waals surface area contributed by atoms with E-state index in [9.17, 15) is 9.59 Å². The molecule has 1 saturated heterocycles. The lowest BCUT2D eigenvalue weighted by Gasteiger charge is -2.16. The van der Waals surface area contributed by atoms with Gasteiger partial charge in [0.2, 0.25) is 5.91 Å². The van der Waals surface area contributed by atoms with Gasteiger partial charge in [-0.3, -0.25) is 4.79 Å². The van der Waals surface area contributed by atoms with E-state index in [4.69, 9.17) is 4.74 Å². The van der Waals surface area contributed by atoms with Crippen molar-refractivity contribution in [3.05, 3.63) is 11.6 Å². The van der Waals surface area contributed by atoms with Crippen molar-refractivity contribution in [2.24, 2.45) is 11.8 Å². The zero-order valence-corrected chi connectivity index (χ0v) is 11.7. The highest BCUT2D eigenvalue weighted by Crippen LogP contribution is 2.24. The van der Waals surface area contributed by atoms with Crippen molar-refractivity contribution in [1.82, 2.24) is 4.90 Å². The van der Waals surface area contributed by atoms with E-state index < -0.39 is 0 Å². The number of nitrogens with zero attached hydrogens (tertiary/aromatic N) is 1. The standard InChI is InChI=1S/C14H23NO3/c1-5-11(14(17)18-4)6-7-15-9-12(10(2)3)8-13(15)16/h6,10,12H,5,7-9H2,1-4H3. The third-order valence-electron chi connectivity index (χ3n) is 3.57. The normalized spacial score (nSPS) is 20.7. The molecule has 18 heavy (non-hydrogen) atoms. The van der Waals surface area contributed by atoms with Crippen LogP contribution >= 0.6 is 0 Å². The monoisotopic (exact) mass is 253 g/mol. The first-order valence-electron chi connectivity index (χ1n) is 6.54. The summed E-state index contributed by atoms with van der Waals surface area (Å²) in [5.74, 6) is 0.845. The Labute approximate surface area is 109 Å². The highest BCUT2D eigenvalue weighted by Gasteiger charge is 2.30. The van der Waals surface area contributed by atoms with E-state index in [0.29, 0.717) is 36.8 Å². The summed E-state index contributed by atoms with van der Waals surface area (Å²) in [6, 6.07) is 0. The second-order valence-electron chi connectivity index (χ2n) is 5.08. The Bertz CT molecular complexity index is 347. The first kappa shape index (κ1) is 14.7. The van der Waals surface area contributed by atoms with Crippen molar-refractivity contribution in [3.8, 4) is 0 Å². The van der Waals surface area contributed by atoms with E-state index in [1.807, 2.05) is 17.9 Å². The van der Waals surface area contributed by atoms with E-state index in [2.05, 4.69) is 13.8 Å². The number of carbonyl (C=O) groups excluding carboxylic acids is 2. The molecule has 1 amide bonds. The van der Waals surface area contributed by atoms with Crippen molar-refractivity contribution in [2.75, 3.05) is 20.2 Å². The number of ether oxygens (including phenoxy) is 1. The number of amides is 1. The molecule has 0 spiro atoms. The maximum atomic E-state index is 11.8. The van der Waals surface area contributed by atoms with Crippen molar-refractivity contribution in [3.63, 3.8) is 0 Å². The van der Waals surface area contributed by atoms with Gasteiger partial charge in [-0.15, -0.1) is 0 Å². The van der Waals surface area contributed by atoms with Gasteiger partial charge in [-0.2, -0.15) is 0 Å². The molecule has 1 fully saturated rings. The molecule has 0 radical (unpaired) electrons. The molecule has 0 aromatic carbocycles. The Kier molecular flexibility index (Phi) is 5.38. The molecule has 102 valence electrons. The van der Waals surface area contributed by atoms with Gasteiger partial charge in [-0.25, -0.2) is 4.79 Å². The number of hydrogen-bond donors (Lipinski definition) is 0. The fourth-order valence-corrected chi connectivity index (χ4v) is 2.15. The molecule has 0 aromatic heterocycles. The van der Waals surface area contributed by atoms with E-state index in [0.717, 1.165) is 6.54 Å². The summed E-state index contributed by atoms with van der Waals surface area (Å²) in [6.45, 7) is 7.50. The summed E-state index contributed by atoms with van der Waals surface area (Å²) in [7, 11) is 1.38. The van der Waals surface area contributed by atoms with Crippen LogP contribution in [0.4, 0.5) is 0 Å². The van der Waals surface area contributed by atoms with Crippen molar-refractivity contribution in [1.29, 1.82) is 0 Å². The molecule has 1 rings (SSSR count). The predicted octanol–water partition coefficient (Wildman–Crippen LogP) is 2.00. The number of hydrogen-bond acceptors (Lipinski definition) is 3. The zero-order chi connectivity index (χ0) is 13.7. The van der Waals surface area contributed by atoms with Crippen LogP contribution in [0.2, 0.25) is 0 Å². The van der Waals surface area contributed by atoms with Crippen molar-refractivity contribution >= 4 is 11.9 Å². The summed E-state index contributed by atoms with van der Waals surface area (Å²) in [5.41, 5.74) is 0.637. The molecule has 0 bridgehead atoms. The summed E-state index contributed by atoms with van der Waals surface area (Å²) in [4.78, 5) is 25.0. The molecule has 0 aromatic rings. The molecule has 1 aliphatic heterocycles. The van der Waals surface area contributed by atoms with Gasteiger partial charge in [-0.1, -0.05) is 26.8 Å². The van der Waals surface area contributed by atoms with Crippen molar-refractivity contribution in [2.45, 2.75) is 33.6 Å². The number of carbonyl (C=O) groups is 2. The van der Waals surface area contributed by atoms with E-state index in [1.165, 1.54) is 7.11 Å². The lowest BCUT2D eigenvalue weighted by molar-refractivity contribution is -0.136. The molecule has 4 nitrogen and oxygen atoms in total. The van der Waals surface area contributed by atoms with Gasteiger partial charge >= 0.3 is 5.97 Å². The minimum Gasteiger partial charge on any atom is -0.466 e. The van der Waals surface area contributed by atoms with Gasteiger partial charge in [0.15, 0.2) is 0 Å². The third kappa shape index (κ3) is 3.59. The van der Waals surface area contributed by atoms with Crippen LogP contribution in [-0.4, -0.2) is 37.0 Å². The molecule has 4 heteroatoms. The van der Waals surface area contributed by atoms with E-state index >= 15 is 0 Å². The molecule has 0 N–H and O–H groups in total. The third-order valence-corrected chi connectivity index (χ3v) is 3.57. The van der Waals surface area contributed by atoms with Crippen LogP contribution in [-0.2, 0) is 14.3 Å². The molecule has 1 atom stereocenters. The van der Waals surface area contributed by atoms with E-state index in [1.54, 1.807) is 0 Å². The maximum Gasteiger partial charge on any atom is 0.333 e. The van der Waals surface area contributed by atoms with Gasteiger partial charge in [0.05, 0.1) is 7.11 Å². The highest BCUT2D eigenvalue weighted by atomic mass is 16.5. The Morgan fingerprint density at radius 3 is 2.67 bits per heavy atom. The van der Waals surface area contributed by atoms with Gasteiger partial charge < -0.3 is 9.64 Å². The summed E-state index contributed by atoms with van der Waals surface area (Å²) in [6.07, 6.45) is 3.07. The van der Waals surface area contributed by atoms with Crippen LogP contribution in [0.25, 0.3) is 0 Å². The molecule has 0 aliphatic carbocycles. The Morgan fingerprint density at radius 1 is 1.56 bits per heavy atom. The molecule has 0 saturated carbocycles. The first-order valence-corrected chi connectivity index (χ1v) is 6.54. The Hall–Kier alpha value is -1.32. The second-order valence-corrected chi connectivity index (χ2v) is 5.08. The van der Waals surface area contributed by atoms with Crippen LogP contribution in [0.1, 0.15) is 33.6 Å². The average Bonchev–Trinajstić information content (AvgIpc) is 2.71. The lowest BCUT2D eigenvalue weighted by atomic mass is 9.95. The second kappa shape index (κ2) is 6.57. The van der Waals surface area contributed by atoms with Gasteiger partial charge in [-0.05, 0) is 18.3 Å². The molecular weight excluding hydrogens is 230 g/mol. The van der Waals surface area contributed by atoms with Crippen LogP contribution in [0.5, 0.6) is 0 Å². The molecule has 1 aliphatic rings. The number of methoxy groups -OCH3 is 1. The topological polar surface area (TPSA) is 46.6 Å². The van der Waals surface area contributed by atoms with Crippen molar-refractivity contribution < 1.29 is 14.3 Å². The lowest BCUT2D eigenvalue weighted by Crippen LogP contribution is -2.26. The first-order chi connectivity index (χ1) is 8.49. The van der Waals surface area contributed by atoms with Crippen LogP contribution < -0.4 is 0 Å². The summed E-state index contributed by atoms with van der Waals surface area (Å²) >= 11 is 0.